The monoisotopic (exact) mass is 679 g/mol. The Morgan fingerprint density at radius 1 is 0.918 bits per heavy atom. The van der Waals surface area contributed by atoms with E-state index in [1.807, 2.05) is 55.1 Å². The minimum absolute atomic E-state index is 0.0808. The van der Waals surface area contributed by atoms with Crippen LogP contribution >= 0.6 is 0 Å². The van der Waals surface area contributed by atoms with Gasteiger partial charge in [-0.2, -0.15) is 4.98 Å². The number of carbonyl (C=O) groups excluding carboxylic acids is 2. The Kier molecular flexibility index (Phi) is 8.21. The van der Waals surface area contributed by atoms with Gasteiger partial charge in [-0.05, 0) is 67.0 Å². The number of rotatable bonds is 3. The van der Waals surface area contributed by atoms with Gasteiger partial charge in [-0.25, -0.2) is 18.1 Å². The molecule has 0 radical (unpaired) electrons. The van der Waals surface area contributed by atoms with Gasteiger partial charge in [-0.15, -0.1) is 0 Å². The lowest BCUT2D eigenvalue weighted by molar-refractivity contribution is -0.136. The second-order valence-electron chi connectivity index (χ2n) is 14.3. The smallest absolute Gasteiger partial charge is 0.264 e. The summed E-state index contributed by atoms with van der Waals surface area (Å²) in [6.07, 6.45) is 1.22. The summed E-state index contributed by atoms with van der Waals surface area (Å²) in [5.41, 5.74) is 4.13. The highest BCUT2D eigenvalue weighted by molar-refractivity contribution is 7.92. The first-order chi connectivity index (χ1) is 23.4. The zero-order chi connectivity index (χ0) is 34.6. The van der Waals surface area contributed by atoms with Crippen molar-refractivity contribution in [1.29, 1.82) is 0 Å². The van der Waals surface area contributed by atoms with E-state index >= 15 is 0 Å². The van der Waals surface area contributed by atoms with Crippen LogP contribution in [0, 0.1) is 30.6 Å². The Morgan fingerprint density at radius 3 is 2.33 bits per heavy atom. The van der Waals surface area contributed by atoms with Crippen LogP contribution in [0.25, 0.3) is 11.3 Å². The van der Waals surface area contributed by atoms with Crippen LogP contribution in [0.5, 0.6) is 5.88 Å². The quantitative estimate of drug-likeness (QED) is 0.283. The molecule has 2 atom stereocenters. The minimum atomic E-state index is -4.13. The summed E-state index contributed by atoms with van der Waals surface area (Å²) >= 11 is 0. The van der Waals surface area contributed by atoms with Crippen molar-refractivity contribution in [2.75, 3.05) is 31.0 Å². The Labute approximate surface area is 287 Å². The topological polar surface area (TPSA) is 131 Å². The lowest BCUT2D eigenvalue weighted by Crippen LogP contribution is -2.51. The number of amides is 2. The second-order valence-corrected chi connectivity index (χ2v) is 16.0. The van der Waals surface area contributed by atoms with Crippen LogP contribution in [-0.4, -0.2) is 61.3 Å². The van der Waals surface area contributed by atoms with Gasteiger partial charge in [0.05, 0.1) is 23.1 Å². The predicted molar refractivity (Wildman–Crippen MR) is 187 cm³/mol. The van der Waals surface area contributed by atoms with Crippen molar-refractivity contribution in [1.82, 2.24) is 20.2 Å². The third-order valence-corrected chi connectivity index (χ3v) is 11.9. The number of likely N-dealkylation sites (tertiary alicyclic amines) is 1. The van der Waals surface area contributed by atoms with Gasteiger partial charge in [0.1, 0.15) is 0 Å². The maximum Gasteiger partial charge on any atom is 0.264 e. The van der Waals surface area contributed by atoms with Crippen LogP contribution in [0.15, 0.2) is 83.8 Å². The Bertz CT molecular complexity index is 2020. The lowest BCUT2D eigenvalue weighted by Gasteiger charge is -2.42. The predicted octanol–water partition coefficient (Wildman–Crippen LogP) is 5.73. The van der Waals surface area contributed by atoms with E-state index in [1.165, 1.54) is 17.7 Å². The highest BCUT2D eigenvalue weighted by Gasteiger charge is 2.63. The molecule has 2 N–H and O–H groups in total. The molecule has 3 aromatic carbocycles. The van der Waals surface area contributed by atoms with Gasteiger partial charge in [0.25, 0.3) is 15.9 Å². The maximum absolute atomic E-state index is 13.9. The molecule has 2 aliphatic heterocycles. The second kappa shape index (κ2) is 12.3. The number of nitrogens with zero attached hydrogens (tertiary/aromatic N) is 3. The van der Waals surface area contributed by atoms with Crippen LogP contribution in [-0.2, 0) is 14.8 Å². The molecule has 1 saturated heterocycles. The molecule has 1 aliphatic carbocycles. The Balaban J connectivity index is 1.19. The standard InChI is InChI=1S/C38H41N5O5S/c1-24-10-8-11-25(2)31(24)29-21-30-41-36(40-29)42-49(46,47)28-15-9-14-27(20-28)34(44)39-22-38(23-48-30)16-18-43(19-17-38)35(45)33-32(37(33,3)4)26-12-6-5-7-13-26/h5-15,20-21,32-33H,16-19,22-23H2,1-4H3,(H,39,44)(H,40,41,42)/t32-,33+/m0/s1. The van der Waals surface area contributed by atoms with E-state index in [0.717, 1.165) is 16.7 Å². The molecule has 254 valence electrons. The molecule has 3 heterocycles. The van der Waals surface area contributed by atoms with E-state index in [4.69, 9.17) is 4.74 Å². The van der Waals surface area contributed by atoms with E-state index in [0.29, 0.717) is 31.6 Å². The van der Waals surface area contributed by atoms with Crippen molar-refractivity contribution in [2.45, 2.75) is 51.3 Å². The molecular weight excluding hydrogens is 639 g/mol. The summed E-state index contributed by atoms with van der Waals surface area (Å²) in [5.74, 6) is -0.0304. The van der Waals surface area contributed by atoms with Gasteiger partial charge in [0.2, 0.25) is 17.7 Å². The molecule has 2 amide bonds. The maximum atomic E-state index is 13.9. The van der Waals surface area contributed by atoms with Gasteiger partial charge in [-0.3, -0.25) is 9.59 Å². The fourth-order valence-electron chi connectivity index (χ4n) is 7.62. The number of hydrogen-bond donors (Lipinski definition) is 2. The zero-order valence-electron chi connectivity index (χ0n) is 28.2. The summed E-state index contributed by atoms with van der Waals surface area (Å²) in [6.45, 7) is 9.83. The molecule has 0 unspecified atom stereocenters. The first-order valence-electron chi connectivity index (χ1n) is 16.7. The number of ether oxygens (including phenoxy) is 1. The van der Waals surface area contributed by atoms with Crippen LogP contribution in [0.4, 0.5) is 5.95 Å². The average molecular weight is 680 g/mol. The summed E-state index contributed by atoms with van der Waals surface area (Å²) in [7, 11) is -4.13. The van der Waals surface area contributed by atoms with Crippen molar-refractivity contribution in [3.63, 3.8) is 0 Å². The molecule has 4 aromatic rings. The highest BCUT2D eigenvalue weighted by Crippen LogP contribution is 2.65. The molecule has 11 heteroatoms. The Hall–Kier alpha value is -4.77. The molecular formula is C38H41N5O5S. The third-order valence-electron chi connectivity index (χ3n) is 10.6. The molecule has 3 aliphatic rings. The first-order valence-corrected chi connectivity index (χ1v) is 18.2. The third kappa shape index (κ3) is 6.27. The van der Waals surface area contributed by atoms with E-state index in [-0.39, 0.29) is 64.5 Å². The molecule has 49 heavy (non-hydrogen) atoms. The number of piperidine rings is 1. The van der Waals surface area contributed by atoms with Crippen LogP contribution in [0.2, 0.25) is 0 Å². The van der Waals surface area contributed by atoms with Crippen LogP contribution in [0.1, 0.15) is 59.7 Å². The Morgan fingerprint density at radius 2 is 1.61 bits per heavy atom. The van der Waals surface area contributed by atoms with Gasteiger partial charge in [-0.1, -0.05) is 68.4 Å². The molecule has 1 aromatic heterocycles. The first kappa shape index (κ1) is 32.8. The van der Waals surface area contributed by atoms with Crippen molar-refractivity contribution in [3.8, 4) is 17.1 Å². The van der Waals surface area contributed by atoms with Crippen molar-refractivity contribution >= 4 is 27.8 Å². The number of nitrogens with one attached hydrogen (secondary N) is 2. The molecule has 7 rings (SSSR count). The van der Waals surface area contributed by atoms with Crippen LogP contribution < -0.4 is 14.8 Å². The van der Waals surface area contributed by atoms with Crippen molar-refractivity contribution < 1.29 is 22.7 Å². The SMILES string of the molecule is Cc1cccc(C)c1-c1cc2nc(n1)NS(=O)(=O)c1cccc(c1)C(=O)NCC1(CCN(C(=O)[C@H]3[C@H](c4ccccc4)C3(C)C)CC1)CO2. The highest BCUT2D eigenvalue weighted by atomic mass is 32.2. The number of benzene rings is 3. The number of fused-ring (bicyclic) bond motifs is 4. The lowest BCUT2D eigenvalue weighted by atomic mass is 9.78. The van der Waals surface area contributed by atoms with E-state index < -0.39 is 15.4 Å². The number of carbonyl (C=O) groups is 2. The number of aryl methyl sites for hydroxylation is 2. The molecule has 1 saturated carbocycles. The van der Waals surface area contributed by atoms with Gasteiger partial charge in [0, 0.05) is 48.2 Å². The normalized spacial score (nSPS) is 22.2. The summed E-state index contributed by atoms with van der Waals surface area (Å²) in [5, 5.41) is 3.04. The van der Waals surface area contributed by atoms with E-state index in [2.05, 4.69) is 46.0 Å². The number of anilines is 1. The van der Waals surface area contributed by atoms with Gasteiger partial charge < -0.3 is 15.0 Å². The van der Waals surface area contributed by atoms with E-state index in [9.17, 15) is 18.0 Å². The van der Waals surface area contributed by atoms with Gasteiger partial charge in [0.15, 0.2) is 0 Å². The fourth-order valence-corrected chi connectivity index (χ4v) is 8.61. The van der Waals surface area contributed by atoms with Gasteiger partial charge >= 0.3 is 0 Å². The molecule has 1 spiro atoms. The average Bonchev–Trinajstić information content (AvgIpc) is 3.67. The largest absolute Gasteiger partial charge is 0.477 e. The molecule has 10 nitrogen and oxygen atoms in total. The summed E-state index contributed by atoms with van der Waals surface area (Å²) in [6, 6.07) is 23.8. The summed E-state index contributed by atoms with van der Waals surface area (Å²) < 4.78 is 35.8. The fraction of sp³-hybridized carbons (Fsp3) is 0.368. The number of hydrogen-bond acceptors (Lipinski definition) is 7. The van der Waals surface area contributed by atoms with E-state index in [1.54, 1.807) is 18.2 Å². The summed E-state index contributed by atoms with van der Waals surface area (Å²) in [4.78, 5) is 38.3. The van der Waals surface area contributed by atoms with Crippen molar-refractivity contribution in [3.05, 3.63) is 101 Å². The van der Waals surface area contributed by atoms with Crippen molar-refractivity contribution in [2.24, 2.45) is 16.7 Å². The van der Waals surface area contributed by atoms with Crippen LogP contribution in [0.3, 0.4) is 0 Å². The molecule has 4 bridgehead atoms. The number of aromatic nitrogens is 2. The number of sulfonamides is 1. The molecule has 2 fully saturated rings. The minimum Gasteiger partial charge on any atom is -0.477 e. The zero-order valence-corrected chi connectivity index (χ0v) is 29.0.